The molecular weight excluding hydrogens is 337 g/mol. The van der Waals surface area contributed by atoms with Crippen molar-refractivity contribution in [1.82, 2.24) is 5.32 Å². The molecule has 0 saturated heterocycles. The molecule has 6 heteroatoms. The van der Waals surface area contributed by atoms with Crippen molar-refractivity contribution < 1.29 is 23.8 Å². The number of halogens is 1. The van der Waals surface area contributed by atoms with Crippen LogP contribution in [0.25, 0.3) is 0 Å². The highest BCUT2D eigenvalue weighted by Crippen LogP contribution is 2.23. The van der Waals surface area contributed by atoms with Crippen molar-refractivity contribution in [2.45, 2.75) is 31.8 Å². The molecule has 2 aromatic carbocycles. The second kappa shape index (κ2) is 7.99. The second-order valence-electron chi connectivity index (χ2n) is 6.34. The van der Waals surface area contributed by atoms with Gasteiger partial charge in [-0.2, -0.15) is 0 Å². The van der Waals surface area contributed by atoms with Gasteiger partial charge in [0.15, 0.2) is 0 Å². The fourth-order valence-corrected chi connectivity index (χ4v) is 3.05. The van der Waals surface area contributed by atoms with Gasteiger partial charge in [-0.15, -0.1) is 0 Å². The van der Waals surface area contributed by atoms with Gasteiger partial charge in [0.25, 0.3) is 0 Å². The maximum Gasteiger partial charge on any atom is 0.346 e. The van der Waals surface area contributed by atoms with Gasteiger partial charge in [-0.25, -0.2) is 9.18 Å². The number of aryl methyl sites for hydroxylation is 2. The van der Waals surface area contributed by atoms with E-state index in [4.69, 9.17) is 4.74 Å². The molecule has 1 atom stereocenters. The first-order valence-electron chi connectivity index (χ1n) is 8.53. The van der Waals surface area contributed by atoms with Crippen molar-refractivity contribution in [1.29, 1.82) is 0 Å². The van der Waals surface area contributed by atoms with Gasteiger partial charge in [0.05, 0.1) is 13.0 Å². The summed E-state index contributed by atoms with van der Waals surface area (Å²) in [5.41, 5.74) is 3.54. The Hall–Kier alpha value is -2.89. The van der Waals surface area contributed by atoms with Gasteiger partial charge in [0.2, 0.25) is 12.0 Å². The van der Waals surface area contributed by atoms with Crippen molar-refractivity contribution in [2.24, 2.45) is 0 Å². The van der Waals surface area contributed by atoms with Gasteiger partial charge in [-0.1, -0.05) is 18.2 Å². The first kappa shape index (κ1) is 17.9. The van der Waals surface area contributed by atoms with Gasteiger partial charge in [-0.05, 0) is 60.2 Å². The summed E-state index contributed by atoms with van der Waals surface area (Å²) in [6.07, 6.45) is 2.21. The summed E-state index contributed by atoms with van der Waals surface area (Å²) in [6, 6.07) is 11.1. The Labute approximate surface area is 150 Å². The van der Waals surface area contributed by atoms with Crippen LogP contribution in [0.3, 0.4) is 0 Å². The summed E-state index contributed by atoms with van der Waals surface area (Å²) >= 11 is 0. The summed E-state index contributed by atoms with van der Waals surface area (Å²) in [6.45, 7) is -0.170. The number of carbonyl (C=O) groups excluding carboxylic acids is 1. The van der Waals surface area contributed by atoms with Crippen LogP contribution in [0.2, 0.25) is 0 Å². The minimum Gasteiger partial charge on any atom is -0.478 e. The molecule has 1 aliphatic carbocycles. The Kier molecular flexibility index (Phi) is 5.51. The van der Waals surface area contributed by atoms with Crippen LogP contribution in [0.15, 0.2) is 42.5 Å². The van der Waals surface area contributed by atoms with Crippen LogP contribution in [0, 0.1) is 5.82 Å². The molecule has 1 unspecified atom stereocenters. The van der Waals surface area contributed by atoms with Gasteiger partial charge >= 0.3 is 5.97 Å². The third-order valence-electron chi connectivity index (χ3n) is 4.38. The van der Waals surface area contributed by atoms with E-state index < -0.39 is 17.9 Å². The van der Waals surface area contributed by atoms with Crippen molar-refractivity contribution in [3.05, 3.63) is 65.0 Å². The molecule has 0 aromatic heterocycles. The maximum atomic E-state index is 12.9. The van der Waals surface area contributed by atoms with Crippen LogP contribution in [0.1, 0.15) is 23.1 Å². The van der Waals surface area contributed by atoms with Crippen LogP contribution in [0.5, 0.6) is 5.75 Å². The van der Waals surface area contributed by atoms with Gasteiger partial charge in [-0.3, -0.25) is 4.79 Å². The number of fused-ring (bicyclic) bond motifs is 1. The maximum absolute atomic E-state index is 12.9. The van der Waals surface area contributed by atoms with E-state index in [1.54, 1.807) is 0 Å². The Bertz CT molecular complexity index is 804. The number of carboxylic acids is 1. The van der Waals surface area contributed by atoms with Crippen molar-refractivity contribution in [2.75, 3.05) is 6.54 Å². The lowest BCUT2D eigenvalue weighted by Crippen LogP contribution is -2.40. The molecular formula is C20H20FNO4. The third-order valence-corrected chi connectivity index (χ3v) is 4.38. The zero-order valence-electron chi connectivity index (χ0n) is 14.2. The van der Waals surface area contributed by atoms with Crippen molar-refractivity contribution in [3.63, 3.8) is 0 Å². The number of carbonyl (C=O) groups is 2. The predicted octanol–water partition coefficient (Wildman–Crippen LogP) is 2.51. The Morgan fingerprint density at radius 2 is 1.85 bits per heavy atom. The van der Waals surface area contributed by atoms with E-state index in [1.807, 2.05) is 12.1 Å². The van der Waals surface area contributed by atoms with E-state index in [1.165, 1.54) is 35.4 Å². The lowest BCUT2D eigenvalue weighted by atomic mass is 10.0. The molecule has 0 aliphatic heterocycles. The summed E-state index contributed by atoms with van der Waals surface area (Å²) in [5, 5.41) is 11.8. The average molecular weight is 357 g/mol. The average Bonchev–Trinajstić information content (AvgIpc) is 3.07. The molecule has 136 valence electrons. The minimum atomic E-state index is -1.25. The monoisotopic (exact) mass is 357 g/mol. The van der Waals surface area contributed by atoms with E-state index >= 15 is 0 Å². The summed E-state index contributed by atoms with van der Waals surface area (Å²) < 4.78 is 18.2. The van der Waals surface area contributed by atoms with Crippen molar-refractivity contribution >= 4 is 11.9 Å². The number of carboxylic acid groups (broad SMARTS) is 1. The highest BCUT2D eigenvalue weighted by Gasteiger charge is 2.21. The Morgan fingerprint density at radius 1 is 1.12 bits per heavy atom. The second-order valence-corrected chi connectivity index (χ2v) is 6.34. The molecule has 0 fully saturated rings. The third kappa shape index (κ3) is 4.59. The van der Waals surface area contributed by atoms with E-state index in [0.717, 1.165) is 24.8 Å². The SMILES string of the molecule is O=C(Cc1ccc2c(c1)CCC2)NCC(Oc1ccc(F)cc1)C(=O)O. The summed E-state index contributed by atoms with van der Waals surface area (Å²) in [5.74, 6) is -1.68. The minimum absolute atomic E-state index is 0.170. The van der Waals surface area contributed by atoms with Crippen LogP contribution < -0.4 is 10.1 Å². The zero-order chi connectivity index (χ0) is 18.5. The lowest BCUT2D eigenvalue weighted by Gasteiger charge is -2.16. The predicted molar refractivity (Wildman–Crippen MR) is 93.6 cm³/mol. The number of amides is 1. The number of hydrogen-bond acceptors (Lipinski definition) is 3. The first-order valence-corrected chi connectivity index (χ1v) is 8.53. The standard InChI is InChI=1S/C20H20FNO4/c21-16-6-8-17(9-7-16)26-18(20(24)25)12-22-19(23)11-13-4-5-14-2-1-3-15(14)10-13/h4-10,18H,1-3,11-12H2,(H,22,23)(H,24,25). The summed E-state index contributed by atoms with van der Waals surface area (Å²) in [4.78, 5) is 23.4. The number of aliphatic carboxylic acids is 1. The van der Waals surface area contributed by atoms with E-state index in [-0.39, 0.29) is 24.6 Å². The number of nitrogens with one attached hydrogen (secondary N) is 1. The largest absolute Gasteiger partial charge is 0.478 e. The molecule has 2 aromatic rings. The normalized spacial score (nSPS) is 13.7. The lowest BCUT2D eigenvalue weighted by molar-refractivity contribution is -0.145. The van der Waals surface area contributed by atoms with Crippen LogP contribution >= 0.6 is 0 Å². The topological polar surface area (TPSA) is 75.6 Å². The molecule has 5 nitrogen and oxygen atoms in total. The molecule has 0 bridgehead atoms. The molecule has 0 saturated carbocycles. The number of hydrogen-bond donors (Lipinski definition) is 2. The zero-order valence-corrected chi connectivity index (χ0v) is 14.2. The van der Waals surface area contributed by atoms with Gasteiger partial charge in [0.1, 0.15) is 11.6 Å². The van der Waals surface area contributed by atoms with E-state index in [2.05, 4.69) is 11.4 Å². The Morgan fingerprint density at radius 3 is 2.58 bits per heavy atom. The fraction of sp³-hybridized carbons (Fsp3) is 0.300. The van der Waals surface area contributed by atoms with Crippen molar-refractivity contribution in [3.8, 4) is 5.75 Å². The number of benzene rings is 2. The number of ether oxygens (including phenoxy) is 1. The highest BCUT2D eigenvalue weighted by atomic mass is 19.1. The van der Waals surface area contributed by atoms with Crippen LogP contribution in [0.4, 0.5) is 4.39 Å². The van der Waals surface area contributed by atoms with Gasteiger partial charge in [0, 0.05) is 0 Å². The van der Waals surface area contributed by atoms with Crippen LogP contribution in [-0.4, -0.2) is 29.6 Å². The van der Waals surface area contributed by atoms with Gasteiger partial charge < -0.3 is 15.2 Å². The molecule has 2 N–H and O–H groups in total. The molecule has 0 radical (unpaired) electrons. The Balaban J connectivity index is 1.54. The molecule has 0 heterocycles. The molecule has 26 heavy (non-hydrogen) atoms. The number of rotatable bonds is 7. The molecule has 1 amide bonds. The molecule has 0 spiro atoms. The summed E-state index contributed by atoms with van der Waals surface area (Å²) in [7, 11) is 0. The molecule has 1 aliphatic rings. The fourth-order valence-electron chi connectivity index (χ4n) is 3.05. The van der Waals surface area contributed by atoms with E-state index in [9.17, 15) is 19.1 Å². The van der Waals surface area contributed by atoms with Crippen LogP contribution in [-0.2, 0) is 28.9 Å². The highest BCUT2D eigenvalue weighted by molar-refractivity contribution is 5.80. The van der Waals surface area contributed by atoms with E-state index in [0.29, 0.717) is 0 Å². The first-order chi connectivity index (χ1) is 12.5. The molecule has 3 rings (SSSR count). The quantitative estimate of drug-likeness (QED) is 0.798. The smallest absolute Gasteiger partial charge is 0.346 e.